The van der Waals surface area contributed by atoms with Crippen LogP contribution in [0.15, 0.2) is 43.0 Å². The van der Waals surface area contributed by atoms with Crippen LogP contribution in [0, 0.1) is 0 Å². The van der Waals surface area contributed by atoms with E-state index in [4.69, 9.17) is 10.5 Å². The molecule has 1 unspecified atom stereocenters. The van der Waals surface area contributed by atoms with Crippen molar-refractivity contribution in [3.63, 3.8) is 0 Å². The van der Waals surface area contributed by atoms with Crippen LogP contribution in [0.3, 0.4) is 0 Å². The molecule has 0 saturated heterocycles. The van der Waals surface area contributed by atoms with Gasteiger partial charge in [-0.1, -0.05) is 36.4 Å². The van der Waals surface area contributed by atoms with Crippen molar-refractivity contribution in [2.45, 2.75) is 25.5 Å². The van der Waals surface area contributed by atoms with Crippen molar-refractivity contribution in [3.05, 3.63) is 48.6 Å². The van der Waals surface area contributed by atoms with Crippen molar-refractivity contribution in [1.29, 1.82) is 0 Å². The Balaban J connectivity index is 2.30. The molecule has 0 heterocycles. The van der Waals surface area contributed by atoms with Gasteiger partial charge in [-0.15, -0.1) is 6.58 Å². The van der Waals surface area contributed by atoms with Gasteiger partial charge in [0.15, 0.2) is 0 Å². The summed E-state index contributed by atoms with van der Waals surface area (Å²) in [6.45, 7) is 6.81. The van der Waals surface area contributed by atoms with Gasteiger partial charge in [-0.25, -0.2) is 0 Å². The molecule has 0 aliphatic carbocycles. The molecule has 0 spiro atoms. The second kappa shape index (κ2) is 5.69. The second-order valence-electron chi connectivity index (χ2n) is 4.13. The smallest absolute Gasteiger partial charge is 0.0717 e. The molecule has 1 aromatic rings. The minimum absolute atomic E-state index is 0.309. The van der Waals surface area contributed by atoms with Gasteiger partial charge < -0.3 is 10.5 Å². The van der Waals surface area contributed by atoms with Gasteiger partial charge in [0.05, 0.1) is 13.2 Å². The molecule has 2 N–H and O–H groups in total. The zero-order chi connectivity index (χ0) is 11.1. The van der Waals surface area contributed by atoms with Gasteiger partial charge in [0.25, 0.3) is 0 Å². The van der Waals surface area contributed by atoms with Gasteiger partial charge in [0, 0.05) is 5.54 Å². The van der Waals surface area contributed by atoms with Crippen LogP contribution in [0.25, 0.3) is 0 Å². The number of nitrogens with two attached hydrogens (primary N) is 1. The molecule has 0 radical (unpaired) electrons. The lowest BCUT2D eigenvalue weighted by molar-refractivity contribution is 0.0800. The summed E-state index contributed by atoms with van der Waals surface area (Å²) in [5, 5.41) is 0. The Labute approximate surface area is 91.7 Å². The predicted octanol–water partition coefficient (Wildman–Crippen LogP) is 2.50. The minimum Gasteiger partial charge on any atom is -0.375 e. The van der Waals surface area contributed by atoms with Crippen LogP contribution in [0.5, 0.6) is 0 Å². The third-order valence-corrected chi connectivity index (χ3v) is 2.15. The van der Waals surface area contributed by atoms with Crippen LogP contribution >= 0.6 is 0 Å². The van der Waals surface area contributed by atoms with Gasteiger partial charge in [0.2, 0.25) is 0 Å². The molecule has 0 amide bonds. The average Bonchev–Trinajstić information content (AvgIpc) is 2.19. The first-order valence-electron chi connectivity index (χ1n) is 5.15. The maximum absolute atomic E-state index is 6.00. The molecule has 1 rings (SSSR count). The van der Waals surface area contributed by atoms with Crippen molar-refractivity contribution in [2.75, 3.05) is 6.61 Å². The first-order valence-corrected chi connectivity index (χ1v) is 5.15. The molecular formula is C13H19NO. The standard InChI is InChI=1S/C13H19NO/c1-3-9-13(2,14)11-15-10-12-7-5-4-6-8-12/h3-8H,1,9-11,14H2,2H3. The number of hydrogen-bond acceptors (Lipinski definition) is 2. The Bertz CT molecular complexity index is 293. The molecule has 0 bridgehead atoms. The van der Waals surface area contributed by atoms with E-state index in [2.05, 4.69) is 6.58 Å². The SMILES string of the molecule is C=CCC(C)(N)COCc1ccccc1. The summed E-state index contributed by atoms with van der Waals surface area (Å²) in [5.41, 5.74) is 6.86. The quantitative estimate of drug-likeness (QED) is 0.724. The number of benzene rings is 1. The number of hydrogen-bond donors (Lipinski definition) is 1. The van der Waals surface area contributed by atoms with Crippen LogP contribution in [-0.4, -0.2) is 12.1 Å². The van der Waals surface area contributed by atoms with E-state index in [9.17, 15) is 0 Å². The summed E-state index contributed by atoms with van der Waals surface area (Å²) in [4.78, 5) is 0. The lowest BCUT2D eigenvalue weighted by Crippen LogP contribution is -2.40. The average molecular weight is 205 g/mol. The molecule has 1 aromatic carbocycles. The number of rotatable bonds is 6. The van der Waals surface area contributed by atoms with Crippen molar-refractivity contribution in [2.24, 2.45) is 5.73 Å². The summed E-state index contributed by atoms with van der Waals surface area (Å²) < 4.78 is 5.56. The Morgan fingerprint density at radius 2 is 2.07 bits per heavy atom. The normalized spacial score (nSPS) is 14.5. The van der Waals surface area contributed by atoms with Crippen molar-refractivity contribution < 1.29 is 4.74 Å². The van der Waals surface area contributed by atoms with Gasteiger partial charge >= 0.3 is 0 Å². The first-order chi connectivity index (χ1) is 7.14. The fourth-order valence-corrected chi connectivity index (χ4v) is 1.36. The van der Waals surface area contributed by atoms with Crippen LogP contribution in [0.1, 0.15) is 18.9 Å². The van der Waals surface area contributed by atoms with Crippen LogP contribution in [0.2, 0.25) is 0 Å². The maximum Gasteiger partial charge on any atom is 0.0717 e. The molecule has 0 aromatic heterocycles. The highest BCUT2D eigenvalue weighted by molar-refractivity contribution is 5.13. The van der Waals surface area contributed by atoms with E-state index in [0.717, 1.165) is 6.42 Å². The predicted molar refractivity (Wildman–Crippen MR) is 63.5 cm³/mol. The van der Waals surface area contributed by atoms with Gasteiger partial charge in [-0.2, -0.15) is 0 Å². The molecule has 2 heteroatoms. The first kappa shape index (κ1) is 12.0. The van der Waals surface area contributed by atoms with Crippen LogP contribution in [-0.2, 0) is 11.3 Å². The van der Waals surface area contributed by atoms with Crippen LogP contribution < -0.4 is 5.73 Å². The Morgan fingerprint density at radius 1 is 1.40 bits per heavy atom. The summed E-state index contributed by atoms with van der Waals surface area (Å²) in [5.74, 6) is 0. The minimum atomic E-state index is -0.309. The van der Waals surface area contributed by atoms with E-state index < -0.39 is 0 Å². The maximum atomic E-state index is 6.00. The highest BCUT2D eigenvalue weighted by Crippen LogP contribution is 2.08. The summed E-state index contributed by atoms with van der Waals surface area (Å²) in [7, 11) is 0. The zero-order valence-corrected chi connectivity index (χ0v) is 9.28. The topological polar surface area (TPSA) is 35.2 Å². The Kier molecular flexibility index (Phi) is 4.53. The van der Waals surface area contributed by atoms with Crippen molar-refractivity contribution >= 4 is 0 Å². The molecule has 2 nitrogen and oxygen atoms in total. The highest BCUT2D eigenvalue weighted by atomic mass is 16.5. The van der Waals surface area contributed by atoms with E-state index in [1.54, 1.807) is 0 Å². The largest absolute Gasteiger partial charge is 0.375 e. The van der Waals surface area contributed by atoms with E-state index in [1.165, 1.54) is 5.56 Å². The Morgan fingerprint density at radius 3 is 2.67 bits per heavy atom. The van der Waals surface area contributed by atoms with E-state index in [0.29, 0.717) is 13.2 Å². The monoisotopic (exact) mass is 205 g/mol. The molecular weight excluding hydrogens is 186 g/mol. The third-order valence-electron chi connectivity index (χ3n) is 2.15. The highest BCUT2D eigenvalue weighted by Gasteiger charge is 2.16. The Hall–Kier alpha value is -1.12. The van der Waals surface area contributed by atoms with Gasteiger partial charge in [-0.3, -0.25) is 0 Å². The third kappa shape index (κ3) is 4.77. The van der Waals surface area contributed by atoms with E-state index >= 15 is 0 Å². The van der Waals surface area contributed by atoms with Gasteiger partial charge in [-0.05, 0) is 18.9 Å². The van der Waals surface area contributed by atoms with Crippen LogP contribution in [0.4, 0.5) is 0 Å². The number of ether oxygens (including phenoxy) is 1. The molecule has 1 atom stereocenters. The molecule has 15 heavy (non-hydrogen) atoms. The van der Waals surface area contributed by atoms with E-state index in [-0.39, 0.29) is 5.54 Å². The van der Waals surface area contributed by atoms with Crippen molar-refractivity contribution in [3.8, 4) is 0 Å². The molecule has 0 aliphatic heterocycles. The summed E-state index contributed by atoms with van der Waals surface area (Å²) >= 11 is 0. The fraction of sp³-hybridized carbons (Fsp3) is 0.385. The van der Waals surface area contributed by atoms with Crippen molar-refractivity contribution in [1.82, 2.24) is 0 Å². The lowest BCUT2D eigenvalue weighted by atomic mass is 10.0. The van der Waals surface area contributed by atoms with Gasteiger partial charge in [0.1, 0.15) is 0 Å². The summed E-state index contributed by atoms with van der Waals surface area (Å²) in [6, 6.07) is 10.1. The lowest BCUT2D eigenvalue weighted by Gasteiger charge is -2.22. The zero-order valence-electron chi connectivity index (χ0n) is 9.28. The van der Waals surface area contributed by atoms with E-state index in [1.807, 2.05) is 43.3 Å². The molecule has 0 fully saturated rings. The summed E-state index contributed by atoms with van der Waals surface area (Å²) in [6.07, 6.45) is 2.59. The molecule has 0 saturated carbocycles. The second-order valence-corrected chi connectivity index (χ2v) is 4.13. The molecule has 82 valence electrons. The molecule has 0 aliphatic rings. The fourth-order valence-electron chi connectivity index (χ4n) is 1.36.